The molecule has 1 saturated heterocycles. The topological polar surface area (TPSA) is 36.4 Å². The zero-order chi connectivity index (χ0) is 14.9. The van der Waals surface area contributed by atoms with E-state index in [2.05, 4.69) is 39.5 Å². The Morgan fingerprint density at radius 2 is 2.00 bits per heavy atom. The first-order valence-electron chi connectivity index (χ1n) is 7.80. The maximum absolute atomic E-state index is 9.49. The molecule has 1 fully saturated rings. The molecule has 112 valence electrons. The summed E-state index contributed by atoms with van der Waals surface area (Å²) in [5.74, 6) is 2.80. The van der Waals surface area contributed by atoms with Crippen molar-refractivity contribution in [2.24, 2.45) is 11.8 Å². The lowest BCUT2D eigenvalue weighted by atomic mass is 9.86. The van der Waals surface area contributed by atoms with Gasteiger partial charge in [0.25, 0.3) is 0 Å². The highest BCUT2D eigenvalue weighted by atomic mass is 16.3. The van der Waals surface area contributed by atoms with E-state index in [1.165, 1.54) is 6.42 Å². The Balaban J connectivity index is 2.37. The van der Waals surface area contributed by atoms with E-state index in [-0.39, 0.29) is 6.61 Å². The van der Waals surface area contributed by atoms with E-state index in [9.17, 15) is 5.11 Å². The molecule has 0 spiro atoms. The second-order valence-corrected chi connectivity index (χ2v) is 6.78. The molecule has 1 aromatic rings. The second-order valence-electron chi connectivity index (χ2n) is 6.78. The van der Waals surface area contributed by atoms with E-state index in [0.717, 1.165) is 23.6 Å². The van der Waals surface area contributed by atoms with Gasteiger partial charge in [0.1, 0.15) is 5.82 Å². The van der Waals surface area contributed by atoms with Crippen LogP contribution in [0.15, 0.2) is 12.1 Å². The zero-order valence-electron chi connectivity index (χ0n) is 13.4. The first-order valence-corrected chi connectivity index (χ1v) is 7.80. The molecule has 3 nitrogen and oxygen atoms in total. The number of piperidine rings is 1. The predicted octanol–water partition coefficient (Wildman–Crippen LogP) is 3.57. The van der Waals surface area contributed by atoms with Gasteiger partial charge in [-0.25, -0.2) is 4.98 Å². The van der Waals surface area contributed by atoms with Crippen molar-refractivity contribution in [3.8, 4) is 0 Å². The normalized spacial score (nSPS) is 27.1. The molecule has 1 N–H and O–H groups in total. The lowest BCUT2D eigenvalue weighted by molar-refractivity contribution is 0.280. The quantitative estimate of drug-likeness (QED) is 0.917. The van der Waals surface area contributed by atoms with Crippen molar-refractivity contribution in [3.63, 3.8) is 0 Å². The molecule has 1 aromatic heterocycles. The van der Waals surface area contributed by atoms with Crippen molar-refractivity contribution < 1.29 is 5.11 Å². The summed E-state index contributed by atoms with van der Waals surface area (Å²) in [5.41, 5.74) is 2.04. The minimum Gasteiger partial charge on any atom is -0.392 e. The molecule has 1 aliphatic heterocycles. The van der Waals surface area contributed by atoms with Gasteiger partial charge in [-0.05, 0) is 48.8 Å². The second kappa shape index (κ2) is 6.13. The van der Waals surface area contributed by atoms with Crippen LogP contribution in [-0.4, -0.2) is 22.7 Å². The number of aliphatic hydroxyl groups is 1. The van der Waals surface area contributed by atoms with Gasteiger partial charge in [0.05, 0.1) is 6.61 Å². The third-order valence-electron chi connectivity index (χ3n) is 4.56. The zero-order valence-corrected chi connectivity index (χ0v) is 13.4. The highest BCUT2D eigenvalue weighted by Gasteiger charge is 2.29. The summed E-state index contributed by atoms with van der Waals surface area (Å²) in [6, 6.07) is 4.58. The largest absolute Gasteiger partial charge is 0.392 e. The van der Waals surface area contributed by atoms with Crippen molar-refractivity contribution in [1.82, 2.24) is 4.98 Å². The molecular weight excluding hydrogens is 248 g/mol. The van der Waals surface area contributed by atoms with Gasteiger partial charge in [0, 0.05) is 18.3 Å². The Morgan fingerprint density at radius 1 is 1.30 bits per heavy atom. The number of anilines is 1. The van der Waals surface area contributed by atoms with E-state index >= 15 is 0 Å². The van der Waals surface area contributed by atoms with Gasteiger partial charge >= 0.3 is 0 Å². The third-order valence-corrected chi connectivity index (χ3v) is 4.56. The highest BCUT2D eigenvalue weighted by molar-refractivity contribution is 5.45. The number of pyridine rings is 1. The Bertz CT molecular complexity index is 458. The summed E-state index contributed by atoms with van der Waals surface area (Å²) in [6.45, 7) is 12.4. The van der Waals surface area contributed by atoms with Crippen LogP contribution in [0.5, 0.6) is 0 Å². The molecule has 0 aliphatic carbocycles. The van der Waals surface area contributed by atoms with Crippen LogP contribution in [0.3, 0.4) is 0 Å². The predicted molar refractivity (Wildman–Crippen MR) is 84.0 cm³/mol. The fraction of sp³-hybridized carbons (Fsp3) is 0.706. The van der Waals surface area contributed by atoms with Gasteiger partial charge in [0.2, 0.25) is 0 Å². The molecule has 0 saturated carbocycles. The van der Waals surface area contributed by atoms with Gasteiger partial charge in [-0.15, -0.1) is 0 Å². The molecule has 0 aromatic carbocycles. The average Bonchev–Trinajstić information content (AvgIpc) is 2.42. The fourth-order valence-corrected chi connectivity index (χ4v) is 3.15. The minimum atomic E-state index is 0.0859. The molecular formula is C17H28N2O. The van der Waals surface area contributed by atoms with Crippen LogP contribution in [0.25, 0.3) is 0 Å². The molecule has 3 atom stereocenters. The van der Waals surface area contributed by atoms with E-state index < -0.39 is 0 Å². The van der Waals surface area contributed by atoms with Crippen LogP contribution < -0.4 is 4.90 Å². The number of aromatic nitrogens is 1. The highest BCUT2D eigenvalue weighted by Crippen LogP contribution is 2.31. The summed E-state index contributed by atoms with van der Waals surface area (Å²) < 4.78 is 0. The molecule has 3 unspecified atom stereocenters. The van der Waals surface area contributed by atoms with Crippen molar-refractivity contribution in [1.29, 1.82) is 0 Å². The Hall–Kier alpha value is -1.09. The number of rotatable bonds is 3. The summed E-state index contributed by atoms with van der Waals surface area (Å²) >= 11 is 0. The Labute approximate surface area is 123 Å². The summed E-state index contributed by atoms with van der Waals surface area (Å²) in [6.07, 6.45) is 1.29. The van der Waals surface area contributed by atoms with Gasteiger partial charge < -0.3 is 10.0 Å². The third kappa shape index (κ3) is 3.14. The first kappa shape index (κ1) is 15.3. The van der Waals surface area contributed by atoms with Crippen LogP contribution in [-0.2, 0) is 6.61 Å². The summed E-state index contributed by atoms with van der Waals surface area (Å²) in [4.78, 5) is 7.26. The standard InChI is InChI=1S/C17H28N2O/c1-11(2)16-7-15(10-20)8-17(18-16)19-9-12(3)6-13(4)14(19)5/h7-8,11-14,20H,6,9-10H2,1-5H3. The van der Waals surface area contributed by atoms with E-state index in [1.807, 2.05) is 12.1 Å². The average molecular weight is 276 g/mol. The van der Waals surface area contributed by atoms with Crippen molar-refractivity contribution >= 4 is 5.82 Å². The lowest BCUT2D eigenvalue weighted by Gasteiger charge is -2.42. The maximum atomic E-state index is 9.49. The minimum absolute atomic E-state index is 0.0859. The van der Waals surface area contributed by atoms with Gasteiger partial charge in [0.15, 0.2) is 0 Å². The number of hydrogen-bond acceptors (Lipinski definition) is 3. The first-order chi connectivity index (χ1) is 9.42. The summed E-state index contributed by atoms with van der Waals surface area (Å²) in [7, 11) is 0. The number of aliphatic hydroxyl groups excluding tert-OH is 1. The SMILES string of the molecule is CC1CC(C)C(C)N(c2cc(CO)cc(C(C)C)n2)C1. The molecule has 0 bridgehead atoms. The van der Waals surface area contributed by atoms with Crippen molar-refractivity contribution in [3.05, 3.63) is 23.4 Å². The Morgan fingerprint density at radius 3 is 2.60 bits per heavy atom. The fourth-order valence-electron chi connectivity index (χ4n) is 3.15. The molecule has 1 aliphatic rings. The lowest BCUT2D eigenvalue weighted by Crippen LogP contribution is -2.46. The van der Waals surface area contributed by atoms with E-state index in [0.29, 0.717) is 23.8 Å². The molecule has 2 rings (SSSR count). The van der Waals surface area contributed by atoms with Gasteiger partial charge in [-0.2, -0.15) is 0 Å². The van der Waals surface area contributed by atoms with Gasteiger partial charge in [-0.1, -0.05) is 27.7 Å². The van der Waals surface area contributed by atoms with E-state index in [1.54, 1.807) is 0 Å². The number of hydrogen-bond donors (Lipinski definition) is 1. The van der Waals surface area contributed by atoms with Crippen LogP contribution in [0.1, 0.15) is 58.2 Å². The number of nitrogens with zero attached hydrogens (tertiary/aromatic N) is 2. The van der Waals surface area contributed by atoms with Crippen LogP contribution in [0.2, 0.25) is 0 Å². The molecule has 20 heavy (non-hydrogen) atoms. The molecule has 2 heterocycles. The van der Waals surface area contributed by atoms with Gasteiger partial charge in [-0.3, -0.25) is 0 Å². The summed E-state index contributed by atoms with van der Waals surface area (Å²) in [5, 5.41) is 9.49. The molecule has 3 heteroatoms. The monoisotopic (exact) mass is 276 g/mol. The Kier molecular flexibility index (Phi) is 4.69. The van der Waals surface area contributed by atoms with Crippen LogP contribution in [0.4, 0.5) is 5.82 Å². The van der Waals surface area contributed by atoms with Crippen LogP contribution >= 0.6 is 0 Å². The maximum Gasteiger partial charge on any atom is 0.129 e. The van der Waals surface area contributed by atoms with Crippen molar-refractivity contribution in [2.75, 3.05) is 11.4 Å². The van der Waals surface area contributed by atoms with Crippen molar-refractivity contribution in [2.45, 2.75) is 59.6 Å². The van der Waals surface area contributed by atoms with E-state index in [4.69, 9.17) is 4.98 Å². The molecule has 0 amide bonds. The van der Waals surface area contributed by atoms with Crippen LogP contribution in [0, 0.1) is 11.8 Å². The molecule has 0 radical (unpaired) electrons. The smallest absolute Gasteiger partial charge is 0.129 e.